The lowest BCUT2D eigenvalue weighted by Gasteiger charge is -2.22. The molecule has 0 unspecified atom stereocenters. The van der Waals surface area contributed by atoms with E-state index >= 15 is 0 Å². The SMILES string of the molecule is CC(C)(CCNCCC(C)(C)[Si]O)[Si]O. The molecule has 0 aromatic heterocycles. The van der Waals surface area contributed by atoms with Gasteiger partial charge in [0.25, 0.3) is 0 Å². The van der Waals surface area contributed by atoms with Crippen LogP contribution in [-0.4, -0.2) is 42.2 Å². The molecule has 0 rings (SSSR count). The second-order valence-electron chi connectivity index (χ2n) is 5.24. The summed E-state index contributed by atoms with van der Waals surface area (Å²) in [5.74, 6) is 0. The Morgan fingerprint density at radius 3 is 1.47 bits per heavy atom. The van der Waals surface area contributed by atoms with Crippen LogP contribution in [-0.2, 0) is 0 Å². The van der Waals surface area contributed by atoms with Crippen LogP contribution < -0.4 is 5.32 Å². The summed E-state index contributed by atoms with van der Waals surface area (Å²) in [6.07, 6.45) is 1.98. The second-order valence-corrected chi connectivity index (χ2v) is 8.40. The lowest BCUT2D eigenvalue weighted by molar-refractivity contribution is 0.460. The van der Waals surface area contributed by atoms with E-state index in [-0.39, 0.29) is 29.6 Å². The Morgan fingerprint density at radius 2 is 1.20 bits per heavy atom. The van der Waals surface area contributed by atoms with Crippen molar-refractivity contribution in [1.29, 1.82) is 0 Å². The number of hydrogen-bond acceptors (Lipinski definition) is 3. The summed E-state index contributed by atoms with van der Waals surface area (Å²) in [5.41, 5.74) is 0. The van der Waals surface area contributed by atoms with Crippen LogP contribution >= 0.6 is 0 Å². The van der Waals surface area contributed by atoms with Gasteiger partial charge in [-0.2, -0.15) is 0 Å². The summed E-state index contributed by atoms with van der Waals surface area (Å²) in [4.78, 5) is 18.2. The Labute approximate surface area is 98.6 Å². The van der Waals surface area contributed by atoms with E-state index in [1.165, 1.54) is 0 Å². The molecule has 0 aromatic carbocycles. The van der Waals surface area contributed by atoms with Crippen molar-refractivity contribution in [2.45, 2.75) is 50.6 Å². The minimum absolute atomic E-state index is 0.00691. The molecule has 0 fully saturated rings. The first-order chi connectivity index (χ1) is 6.83. The molecule has 3 nitrogen and oxygen atoms in total. The quantitative estimate of drug-likeness (QED) is 0.441. The van der Waals surface area contributed by atoms with Gasteiger partial charge in [-0.15, -0.1) is 0 Å². The maximum absolute atomic E-state index is 9.09. The average molecular weight is 245 g/mol. The molecule has 0 aliphatic rings. The van der Waals surface area contributed by atoms with Gasteiger partial charge in [-0.05, 0) is 36.0 Å². The fourth-order valence-corrected chi connectivity index (χ4v) is 1.51. The van der Waals surface area contributed by atoms with E-state index in [1.807, 2.05) is 0 Å². The lowest BCUT2D eigenvalue weighted by Crippen LogP contribution is -2.26. The molecule has 0 aromatic rings. The molecule has 4 radical (unpaired) electrons. The van der Waals surface area contributed by atoms with Crippen LogP contribution in [0.1, 0.15) is 40.5 Å². The van der Waals surface area contributed by atoms with E-state index in [4.69, 9.17) is 9.59 Å². The minimum atomic E-state index is 0.00691. The van der Waals surface area contributed by atoms with Crippen molar-refractivity contribution in [1.82, 2.24) is 5.32 Å². The summed E-state index contributed by atoms with van der Waals surface area (Å²) in [7, 11) is 0.0138. The molecule has 0 heterocycles. The van der Waals surface area contributed by atoms with Gasteiger partial charge in [0.05, 0.1) is 0 Å². The summed E-state index contributed by atoms with van der Waals surface area (Å²) < 4.78 is 0. The maximum atomic E-state index is 9.09. The molecule has 0 amide bonds. The highest BCUT2D eigenvalue weighted by atomic mass is 28.2. The average Bonchev–Trinajstić information content (AvgIpc) is 2.17. The van der Waals surface area contributed by atoms with Crippen molar-refractivity contribution in [3.8, 4) is 0 Å². The van der Waals surface area contributed by atoms with E-state index < -0.39 is 0 Å². The summed E-state index contributed by atoms with van der Waals surface area (Å²) in [6.45, 7) is 10.2. The van der Waals surface area contributed by atoms with Gasteiger partial charge in [-0.1, -0.05) is 27.7 Å². The first-order valence-electron chi connectivity index (χ1n) is 5.36. The van der Waals surface area contributed by atoms with E-state index in [9.17, 15) is 0 Å². The van der Waals surface area contributed by atoms with Gasteiger partial charge in [-0.3, -0.25) is 0 Å². The van der Waals surface area contributed by atoms with Gasteiger partial charge in [0, 0.05) is 0 Å². The number of rotatable bonds is 8. The summed E-state index contributed by atoms with van der Waals surface area (Å²) in [6, 6.07) is 0. The number of nitrogens with one attached hydrogen (secondary N) is 1. The highest BCUT2D eigenvalue weighted by Crippen LogP contribution is 2.26. The predicted molar refractivity (Wildman–Crippen MR) is 66.1 cm³/mol. The Morgan fingerprint density at radius 1 is 0.867 bits per heavy atom. The first-order valence-corrected chi connectivity index (χ1v) is 7.26. The zero-order valence-electron chi connectivity index (χ0n) is 10.2. The molecular formula is C10H23NO2Si2. The van der Waals surface area contributed by atoms with Crippen molar-refractivity contribution in [3.05, 3.63) is 0 Å². The largest absolute Gasteiger partial charge is 0.431 e. The smallest absolute Gasteiger partial charge is 0.230 e. The molecule has 15 heavy (non-hydrogen) atoms. The Balaban J connectivity index is 3.48. The maximum Gasteiger partial charge on any atom is 0.230 e. The van der Waals surface area contributed by atoms with Crippen LogP contribution in [0.5, 0.6) is 0 Å². The molecule has 0 bridgehead atoms. The number of hydrogen-bond donors (Lipinski definition) is 3. The van der Waals surface area contributed by atoms with Gasteiger partial charge in [0.1, 0.15) is 0 Å². The normalized spacial score (nSPS) is 13.2. The molecule has 0 atom stereocenters. The highest BCUT2D eigenvalue weighted by Gasteiger charge is 2.19. The summed E-state index contributed by atoms with van der Waals surface area (Å²) >= 11 is 0. The van der Waals surface area contributed by atoms with Crippen LogP contribution in [0.3, 0.4) is 0 Å². The molecule has 0 aliphatic heterocycles. The van der Waals surface area contributed by atoms with Crippen molar-refractivity contribution in [2.24, 2.45) is 0 Å². The highest BCUT2D eigenvalue weighted by molar-refractivity contribution is 6.30. The van der Waals surface area contributed by atoms with Gasteiger partial charge in [0.15, 0.2) is 0 Å². The monoisotopic (exact) mass is 245 g/mol. The van der Waals surface area contributed by atoms with Crippen molar-refractivity contribution in [2.75, 3.05) is 13.1 Å². The van der Waals surface area contributed by atoms with Crippen LogP contribution in [0.25, 0.3) is 0 Å². The molecule has 88 valence electrons. The van der Waals surface area contributed by atoms with E-state index in [0.29, 0.717) is 0 Å². The second kappa shape index (κ2) is 6.80. The van der Waals surface area contributed by atoms with Crippen LogP contribution in [0.4, 0.5) is 0 Å². The molecule has 0 aliphatic carbocycles. The molecule has 5 heteroatoms. The molecule has 0 saturated carbocycles. The van der Waals surface area contributed by atoms with Crippen molar-refractivity contribution >= 4 is 19.5 Å². The molecule has 0 spiro atoms. The minimum Gasteiger partial charge on any atom is -0.431 e. The van der Waals surface area contributed by atoms with Gasteiger partial charge in [-0.25, -0.2) is 0 Å². The fraction of sp³-hybridized carbons (Fsp3) is 1.00. The standard InChI is InChI=1S/C10H23NO2Si2/c1-9(2,14-12)5-7-11-8-6-10(3,4)15-13/h11-13H,5-8H2,1-4H3. The van der Waals surface area contributed by atoms with Gasteiger partial charge >= 0.3 is 0 Å². The molecule has 3 N–H and O–H groups in total. The van der Waals surface area contributed by atoms with Crippen LogP contribution in [0.2, 0.25) is 10.1 Å². The Bertz CT molecular complexity index is 157. The Hall–Kier alpha value is 0.314. The first kappa shape index (κ1) is 15.3. The van der Waals surface area contributed by atoms with Gasteiger partial charge < -0.3 is 14.9 Å². The molecule has 0 saturated heterocycles. The van der Waals surface area contributed by atoms with E-state index in [0.717, 1.165) is 25.9 Å². The van der Waals surface area contributed by atoms with Gasteiger partial charge in [0.2, 0.25) is 19.5 Å². The van der Waals surface area contributed by atoms with Crippen LogP contribution in [0.15, 0.2) is 0 Å². The third kappa shape index (κ3) is 8.16. The van der Waals surface area contributed by atoms with Crippen molar-refractivity contribution < 1.29 is 9.59 Å². The van der Waals surface area contributed by atoms with E-state index in [2.05, 4.69) is 33.0 Å². The van der Waals surface area contributed by atoms with Crippen LogP contribution in [0, 0.1) is 0 Å². The lowest BCUT2D eigenvalue weighted by atomic mass is 10.1. The topological polar surface area (TPSA) is 52.5 Å². The predicted octanol–water partition coefficient (Wildman–Crippen LogP) is 0.976. The third-order valence-electron chi connectivity index (χ3n) is 2.46. The zero-order valence-corrected chi connectivity index (χ0v) is 12.2. The van der Waals surface area contributed by atoms with E-state index in [1.54, 1.807) is 0 Å². The zero-order chi connectivity index (χ0) is 11.9. The summed E-state index contributed by atoms with van der Waals surface area (Å²) in [5, 5.41) is 3.44. The Kier molecular flexibility index (Phi) is 6.94. The fourth-order valence-electron chi connectivity index (χ4n) is 1.04. The molecular weight excluding hydrogens is 222 g/mol. The third-order valence-corrected chi connectivity index (χ3v) is 4.17. The van der Waals surface area contributed by atoms with Crippen molar-refractivity contribution in [3.63, 3.8) is 0 Å².